The third-order valence-electron chi connectivity index (χ3n) is 2.63. The molecule has 0 aliphatic carbocycles. The minimum Gasteiger partial charge on any atom is -0.334 e. The summed E-state index contributed by atoms with van der Waals surface area (Å²) in [5.41, 5.74) is 2.27. The van der Waals surface area contributed by atoms with E-state index in [-0.39, 0.29) is 6.03 Å². The lowest BCUT2D eigenvalue weighted by atomic mass is 10.2. The van der Waals surface area contributed by atoms with Crippen molar-refractivity contribution in [1.82, 2.24) is 10.2 Å². The molecule has 4 heteroatoms. The maximum atomic E-state index is 11.9. The minimum absolute atomic E-state index is 0.0509. The predicted molar refractivity (Wildman–Crippen MR) is 74.5 cm³/mol. The minimum atomic E-state index is -0.0509. The molecule has 0 spiro atoms. The third-order valence-corrected chi connectivity index (χ3v) is 3.37. The molecule has 0 saturated carbocycles. The van der Waals surface area contributed by atoms with E-state index in [1.807, 2.05) is 41.8 Å². The molecule has 0 aliphatic heterocycles. The smallest absolute Gasteiger partial charge is 0.317 e. The highest BCUT2D eigenvalue weighted by atomic mass is 32.1. The highest BCUT2D eigenvalue weighted by molar-refractivity contribution is 7.07. The Hall–Kier alpha value is -1.81. The van der Waals surface area contributed by atoms with Crippen molar-refractivity contribution in [3.63, 3.8) is 0 Å². The summed E-state index contributed by atoms with van der Waals surface area (Å²) >= 11 is 1.65. The Labute approximate surface area is 111 Å². The number of amides is 2. The van der Waals surface area contributed by atoms with E-state index >= 15 is 0 Å². The van der Waals surface area contributed by atoms with Crippen molar-refractivity contribution < 1.29 is 4.79 Å². The van der Waals surface area contributed by atoms with E-state index in [1.54, 1.807) is 23.3 Å². The average Bonchev–Trinajstić information content (AvgIpc) is 2.90. The fourth-order valence-electron chi connectivity index (χ4n) is 1.64. The van der Waals surface area contributed by atoms with Gasteiger partial charge in [-0.15, -0.1) is 0 Å². The number of benzene rings is 1. The van der Waals surface area contributed by atoms with Crippen LogP contribution in [0, 0.1) is 0 Å². The van der Waals surface area contributed by atoms with Crippen LogP contribution in [0.5, 0.6) is 0 Å². The number of hydrogen-bond acceptors (Lipinski definition) is 2. The highest BCUT2D eigenvalue weighted by Gasteiger charge is 2.08. The van der Waals surface area contributed by atoms with Gasteiger partial charge in [-0.1, -0.05) is 30.3 Å². The van der Waals surface area contributed by atoms with Crippen molar-refractivity contribution >= 4 is 17.4 Å². The second kappa shape index (κ2) is 6.21. The Morgan fingerprint density at radius 2 is 2.00 bits per heavy atom. The second-order valence-corrected chi connectivity index (χ2v) is 4.91. The Kier molecular flexibility index (Phi) is 4.36. The molecule has 1 N–H and O–H groups in total. The average molecular weight is 260 g/mol. The number of thiophene rings is 1. The van der Waals surface area contributed by atoms with Crippen LogP contribution in [0.2, 0.25) is 0 Å². The van der Waals surface area contributed by atoms with Gasteiger partial charge in [-0.2, -0.15) is 11.3 Å². The van der Waals surface area contributed by atoms with Crippen molar-refractivity contribution in [2.45, 2.75) is 13.1 Å². The van der Waals surface area contributed by atoms with Gasteiger partial charge in [0.2, 0.25) is 0 Å². The zero-order valence-electron chi connectivity index (χ0n) is 10.3. The summed E-state index contributed by atoms with van der Waals surface area (Å²) in [5.74, 6) is 0. The predicted octanol–water partition coefficient (Wildman–Crippen LogP) is 3.09. The van der Waals surface area contributed by atoms with Crippen LogP contribution in [0.15, 0.2) is 47.2 Å². The lowest BCUT2D eigenvalue weighted by molar-refractivity contribution is 0.206. The topological polar surface area (TPSA) is 32.3 Å². The monoisotopic (exact) mass is 260 g/mol. The molecule has 0 saturated heterocycles. The molecule has 3 nitrogen and oxygen atoms in total. The van der Waals surface area contributed by atoms with Gasteiger partial charge in [0.15, 0.2) is 0 Å². The lowest BCUT2D eigenvalue weighted by Gasteiger charge is -2.17. The third kappa shape index (κ3) is 3.60. The van der Waals surface area contributed by atoms with E-state index in [0.29, 0.717) is 13.1 Å². The van der Waals surface area contributed by atoms with Gasteiger partial charge in [-0.3, -0.25) is 0 Å². The first-order valence-electron chi connectivity index (χ1n) is 5.79. The SMILES string of the molecule is CN(Cc1ccsc1)C(=O)NCc1ccccc1. The zero-order valence-corrected chi connectivity index (χ0v) is 11.1. The Balaban J connectivity index is 1.81. The van der Waals surface area contributed by atoms with Gasteiger partial charge < -0.3 is 10.2 Å². The zero-order chi connectivity index (χ0) is 12.8. The van der Waals surface area contributed by atoms with Crippen LogP contribution < -0.4 is 5.32 Å². The fourth-order valence-corrected chi connectivity index (χ4v) is 2.30. The molecule has 94 valence electrons. The van der Waals surface area contributed by atoms with Gasteiger partial charge in [-0.05, 0) is 28.0 Å². The van der Waals surface area contributed by atoms with Gasteiger partial charge in [0.1, 0.15) is 0 Å². The largest absolute Gasteiger partial charge is 0.334 e. The molecule has 1 aromatic heterocycles. The van der Waals surface area contributed by atoms with Crippen molar-refractivity contribution in [3.8, 4) is 0 Å². The summed E-state index contributed by atoms with van der Waals surface area (Å²) in [7, 11) is 1.80. The molecule has 2 amide bonds. The molecule has 18 heavy (non-hydrogen) atoms. The molecule has 1 heterocycles. The summed E-state index contributed by atoms with van der Waals surface area (Å²) in [6, 6.07) is 11.9. The van der Waals surface area contributed by atoms with E-state index in [1.165, 1.54) is 0 Å². The summed E-state index contributed by atoms with van der Waals surface area (Å²) in [6.07, 6.45) is 0. The van der Waals surface area contributed by atoms with Gasteiger partial charge in [0, 0.05) is 20.1 Å². The Morgan fingerprint density at radius 3 is 2.67 bits per heavy atom. The molecule has 0 atom stereocenters. The maximum absolute atomic E-state index is 11.9. The quantitative estimate of drug-likeness (QED) is 0.900. The molecular weight excluding hydrogens is 244 g/mol. The Morgan fingerprint density at radius 1 is 1.22 bits per heavy atom. The van der Waals surface area contributed by atoms with E-state index in [9.17, 15) is 4.79 Å². The van der Waals surface area contributed by atoms with Crippen LogP contribution in [0.25, 0.3) is 0 Å². The number of urea groups is 1. The van der Waals surface area contributed by atoms with Crippen molar-refractivity contribution in [2.75, 3.05) is 7.05 Å². The van der Waals surface area contributed by atoms with Crippen LogP contribution in [0.1, 0.15) is 11.1 Å². The molecule has 0 radical (unpaired) electrons. The molecule has 0 aliphatic rings. The number of carbonyl (C=O) groups is 1. The maximum Gasteiger partial charge on any atom is 0.317 e. The molecule has 0 fully saturated rings. The summed E-state index contributed by atoms with van der Waals surface area (Å²) < 4.78 is 0. The van der Waals surface area contributed by atoms with Crippen LogP contribution in [-0.4, -0.2) is 18.0 Å². The van der Waals surface area contributed by atoms with E-state index in [4.69, 9.17) is 0 Å². The normalized spacial score (nSPS) is 10.1. The summed E-state index contributed by atoms with van der Waals surface area (Å²) in [6.45, 7) is 1.21. The molecule has 2 rings (SSSR count). The van der Waals surface area contributed by atoms with Crippen molar-refractivity contribution in [1.29, 1.82) is 0 Å². The number of rotatable bonds is 4. The van der Waals surface area contributed by atoms with Crippen molar-refractivity contribution in [3.05, 3.63) is 58.3 Å². The van der Waals surface area contributed by atoms with Gasteiger partial charge in [-0.25, -0.2) is 4.79 Å². The molecule has 0 bridgehead atoms. The van der Waals surface area contributed by atoms with Crippen LogP contribution in [0.3, 0.4) is 0 Å². The highest BCUT2D eigenvalue weighted by Crippen LogP contribution is 2.08. The number of nitrogens with zero attached hydrogens (tertiary/aromatic N) is 1. The number of nitrogens with one attached hydrogen (secondary N) is 1. The second-order valence-electron chi connectivity index (χ2n) is 4.13. The van der Waals surface area contributed by atoms with Gasteiger partial charge in [0.05, 0.1) is 0 Å². The van der Waals surface area contributed by atoms with Crippen molar-refractivity contribution in [2.24, 2.45) is 0 Å². The van der Waals surface area contributed by atoms with Gasteiger partial charge in [0.25, 0.3) is 0 Å². The van der Waals surface area contributed by atoms with E-state index in [0.717, 1.165) is 11.1 Å². The fraction of sp³-hybridized carbons (Fsp3) is 0.214. The molecule has 0 unspecified atom stereocenters. The van der Waals surface area contributed by atoms with E-state index in [2.05, 4.69) is 10.7 Å². The first kappa shape index (κ1) is 12.6. The lowest BCUT2D eigenvalue weighted by Crippen LogP contribution is -2.36. The van der Waals surface area contributed by atoms with Crippen LogP contribution in [0.4, 0.5) is 4.79 Å². The van der Waals surface area contributed by atoms with Gasteiger partial charge >= 0.3 is 6.03 Å². The summed E-state index contributed by atoms with van der Waals surface area (Å²) in [5, 5.41) is 6.98. The molecule has 1 aromatic carbocycles. The first-order chi connectivity index (χ1) is 8.75. The van der Waals surface area contributed by atoms with E-state index < -0.39 is 0 Å². The molecule has 2 aromatic rings. The number of hydrogen-bond donors (Lipinski definition) is 1. The van der Waals surface area contributed by atoms with Crippen LogP contribution in [-0.2, 0) is 13.1 Å². The Bertz CT molecular complexity index is 482. The first-order valence-corrected chi connectivity index (χ1v) is 6.74. The standard InChI is InChI=1S/C14H16N2OS/c1-16(10-13-7-8-18-11-13)14(17)15-9-12-5-3-2-4-6-12/h2-8,11H,9-10H2,1H3,(H,15,17). The van der Waals surface area contributed by atoms with Crippen LogP contribution >= 0.6 is 11.3 Å². The number of carbonyl (C=O) groups excluding carboxylic acids is 1. The summed E-state index contributed by atoms with van der Waals surface area (Å²) in [4.78, 5) is 13.5. The molecular formula is C14H16N2OS.